The molecule has 21 heavy (non-hydrogen) atoms. The van der Waals surface area contributed by atoms with Crippen LogP contribution in [0.3, 0.4) is 0 Å². The topological polar surface area (TPSA) is 57.6 Å². The minimum absolute atomic E-state index is 0.0427. The van der Waals surface area contributed by atoms with Crippen molar-refractivity contribution in [3.8, 4) is 0 Å². The number of aliphatic carboxylic acids is 1. The number of amides is 1. The van der Waals surface area contributed by atoms with Gasteiger partial charge in [0.2, 0.25) is 5.91 Å². The Balaban J connectivity index is 2.27. The van der Waals surface area contributed by atoms with Gasteiger partial charge in [0.1, 0.15) is 6.54 Å². The van der Waals surface area contributed by atoms with E-state index in [4.69, 9.17) is 5.11 Å². The third-order valence-corrected chi connectivity index (χ3v) is 4.38. The van der Waals surface area contributed by atoms with E-state index < -0.39 is 5.97 Å². The maximum Gasteiger partial charge on any atom is 0.323 e. The summed E-state index contributed by atoms with van der Waals surface area (Å²) in [5.41, 5.74) is 2.30. The SMILES string of the molecule is CCC(C)N(CC(=O)O)C(=O)C1CCCc2ccccc21. The smallest absolute Gasteiger partial charge is 0.323 e. The van der Waals surface area contributed by atoms with Crippen LogP contribution in [0.2, 0.25) is 0 Å². The van der Waals surface area contributed by atoms with E-state index in [1.54, 1.807) is 0 Å². The van der Waals surface area contributed by atoms with Crippen molar-refractivity contribution >= 4 is 11.9 Å². The lowest BCUT2D eigenvalue weighted by molar-refractivity contribution is -0.147. The highest BCUT2D eigenvalue weighted by Crippen LogP contribution is 2.33. The van der Waals surface area contributed by atoms with Crippen molar-refractivity contribution in [1.29, 1.82) is 0 Å². The minimum atomic E-state index is -0.951. The van der Waals surface area contributed by atoms with Gasteiger partial charge in [0, 0.05) is 6.04 Å². The van der Waals surface area contributed by atoms with E-state index in [-0.39, 0.29) is 24.4 Å². The van der Waals surface area contributed by atoms with Crippen LogP contribution in [0.5, 0.6) is 0 Å². The first kappa shape index (κ1) is 15.5. The number of carbonyl (C=O) groups is 2. The highest BCUT2D eigenvalue weighted by Gasteiger charge is 2.32. The second-order valence-corrected chi connectivity index (χ2v) is 5.76. The fourth-order valence-corrected chi connectivity index (χ4v) is 3.03. The van der Waals surface area contributed by atoms with Crippen LogP contribution in [-0.4, -0.2) is 34.5 Å². The highest BCUT2D eigenvalue weighted by molar-refractivity contribution is 5.87. The molecule has 4 heteroatoms. The second-order valence-electron chi connectivity index (χ2n) is 5.76. The number of carbonyl (C=O) groups excluding carboxylic acids is 1. The maximum atomic E-state index is 12.9. The Kier molecular flexibility index (Phi) is 4.99. The summed E-state index contributed by atoms with van der Waals surface area (Å²) >= 11 is 0. The number of nitrogens with zero attached hydrogens (tertiary/aromatic N) is 1. The summed E-state index contributed by atoms with van der Waals surface area (Å²) in [5.74, 6) is -1.19. The molecule has 0 bridgehead atoms. The number of fused-ring (bicyclic) bond motifs is 1. The van der Waals surface area contributed by atoms with Gasteiger partial charge in [-0.2, -0.15) is 0 Å². The third kappa shape index (κ3) is 3.43. The first-order valence-electron chi connectivity index (χ1n) is 7.64. The van der Waals surface area contributed by atoms with Crippen molar-refractivity contribution in [1.82, 2.24) is 4.90 Å². The van der Waals surface area contributed by atoms with Gasteiger partial charge in [-0.3, -0.25) is 9.59 Å². The molecule has 0 heterocycles. The lowest BCUT2D eigenvalue weighted by atomic mass is 9.82. The lowest BCUT2D eigenvalue weighted by Crippen LogP contribution is -2.44. The summed E-state index contributed by atoms with van der Waals surface area (Å²) in [7, 11) is 0. The Morgan fingerprint density at radius 2 is 2.10 bits per heavy atom. The molecule has 1 aromatic rings. The lowest BCUT2D eigenvalue weighted by Gasteiger charge is -2.33. The minimum Gasteiger partial charge on any atom is -0.480 e. The normalized spacial score (nSPS) is 18.7. The quantitative estimate of drug-likeness (QED) is 0.906. The molecular formula is C17H23NO3. The van der Waals surface area contributed by atoms with Crippen LogP contribution in [-0.2, 0) is 16.0 Å². The standard InChI is InChI=1S/C17H23NO3/c1-3-12(2)18(11-16(19)20)17(21)15-10-6-8-13-7-4-5-9-14(13)15/h4-5,7,9,12,15H,3,6,8,10-11H2,1-2H3,(H,19,20). The Hall–Kier alpha value is -1.84. The van der Waals surface area contributed by atoms with Crippen LogP contribution in [0, 0.1) is 0 Å². The molecule has 0 saturated carbocycles. The van der Waals surface area contributed by atoms with Crippen molar-refractivity contribution in [2.24, 2.45) is 0 Å². The molecule has 1 aliphatic rings. The number of benzene rings is 1. The van der Waals surface area contributed by atoms with Gasteiger partial charge in [-0.05, 0) is 43.7 Å². The first-order valence-corrected chi connectivity index (χ1v) is 7.64. The van der Waals surface area contributed by atoms with Crippen LogP contribution in [0.4, 0.5) is 0 Å². The molecule has 2 unspecified atom stereocenters. The summed E-state index contributed by atoms with van der Waals surface area (Å²) in [5, 5.41) is 9.08. The predicted octanol–water partition coefficient (Wildman–Crippen LogP) is 2.82. The first-order chi connectivity index (χ1) is 10.0. The number of carboxylic acid groups (broad SMARTS) is 1. The van der Waals surface area contributed by atoms with E-state index in [0.717, 1.165) is 31.2 Å². The largest absolute Gasteiger partial charge is 0.480 e. The van der Waals surface area contributed by atoms with E-state index in [1.807, 2.05) is 32.0 Å². The molecule has 1 amide bonds. The van der Waals surface area contributed by atoms with E-state index in [9.17, 15) is 9.59 Å². The molecule has 0 fully saturated rings. The summed E-state index contributed by atoms with van der Waals surface area (Å²) in [6, 6.07) is 7.97. The van der Waals surface area contributed by atoms with Gasteiger partial charge in [-0.25, -0.2) is 0 Å². The predicted molar refractivity (Wildman–Crippen MR) is 81.2 cm³/mol. The van der Waals surface area contributed by atoms with Gasteiger partial charge in [-0.1, -0.05) is 31.2 Å². The molecule has 114 valence electrons. The van der Waals surface area contributed by atoms with E-state index >= 15 is 0 Å². The zero-order valence-corrected chi connectivity index (χ0v) is 12.7. The summed E-state index contributed by atoms with van der Waals surface area (Å²) < 4.78 is 0. The molecule has 4 nitrogen and oxygen atoms in total. The van der Waals surface area contributed by atoms with Gasteiger partial charge in [0.25, 0.3) is 0 Å². The molecule has 1 N–H and O–H groups in total. The van der Waals surface area contributed by atoms with Crippen molar-refractivity contribution in [2.45, 2.75) is 51.5 Å². The highest BCUT2D eigenvalue weighted by atomic mass is 16.4. The maximum absolute atomic E-state index is 12.9. The molecule has 2 rings (SSSR count). The number of rotatable bonds is 5. The molecule has 0 aromatic heterocycles. The molecular weight excluding hydrogens is 266 g/mol. The molecule has 0 radical (unpaired) electrons. The third-order valence-electron chi connectivity index (χ3n) is 4.38. The number of aryl methyl sites for hydroxylation is 1. The van der Waals surface area contributed by atoms with Crippen molar-refractivity contribution in [3.63, 3.8) is 0 Å². The van der Waals surface area contributed by atoms with Crippen LogP contribution < -0.4 is 0 Å². The Morgan fingerprint density at radius 3 is 2.76 bits per heavy atom. The zero-order valence-electron chi connectivity index (χ0n) is 12.7. The summed E-state index contributed by atoms with van der Waals surface area (Å²) in [4.78, 5) is 25.5. The summed E-state index contributed by atoms with van der Waals surface area (Å²) in [6.45, 7) is 3.67. The Morgan fingerprint density at radius 1 is 1.38 bits per heavy atom. The molecule has 1 aromatic carbocycles. The Labute approximate surface area is 125 Å². The van der Waals surface area contributed by atoms with Crippen LogP contribution in [0.25, 0.3) is 0 Å². The average molecular weight is 289 g/mol. The number of hydrogen-bond donors (Lipinski definition) is 1. The van der Waals surface area contributed by atoms with E-state index in [0.29, 0.717) is 0 Å². The number of carboxylic acids is 1. The van der Waals surface area contributed by atoms with Crippen LogP contribution in [0.1, 0.15) is 50.2 Å². The Bertz CT molecular complexity index is 527. The molecule has 0 spiro atoms. The van der Waals surface area contributed by atoms with Gasteiger partial charge >= 0.3 is 5.97 Å². The van der Waals surface area contributed by atoms with E-state index in [1.165, 1.54) is 10.5 Å². The van der Waals surface area contributed by atoms with Gasteiger partial charge in [-0.15, -0.1) is 0 Å². The fraction of sp³-hybridized carbons (Fsp3) is 0.529. The van der Waals surface area contributed by atoms with Crippen LogP contribution in [0.15, 0.2) is 24.3 Å². The fourth-order valence-electron chi connectivity index (χ4n) is 3.03. The van der Waals surface area contributed by atoms with Crippen LogP contribution >= 0.6 is 0 Å². The van der Waals surface area contributed by atoms with Gasteiger partial charge in [0.15, 0.2) is 0 Å². The van der Waals surface area contributed by atoms with Crippen molar-refractivity contribution in [2.75, 3.05) is 6.54 Å². The molecule has 1 aliphatic carbocycles. The number of hydrogen-bond acceptors (Lipinski definition) is 2. The summed E-state index contributed by atoms with van der Waals surface area (Å²) in [6.07, 6.45) is 3.55. The molecule has 2 atom stereocenters. The van der Waals surface area contributed by atoms with Gasteiger partial charge in [0.05, 0.1) is 5.92 Å². The molecule has 0 saturated heterocycles. The average Bonchev–Trinajstić information content (AvgIpc) is 2.50. The second kappa shape index (κ2) is 6.74. The monoisotopic (exact) mass is 289 g/mol. The van der Waals surface area contributed by atoms with Gasteiger partial charge < -0.3 is 10.0 Å². The van der Waals surface area contributed by atoms with Crippen molar-refractivity contribution < 1.29 is 14.7 Å². The zero-order chi connectivity index (χ0) is 15.4. The van der Waals surface area contributed by atoms with E-state index in [2.05, 4.69) is 6.07 Å². The molecule has 0 aliphatic heterocycles. The van der Waals surface area contributed by atoms with Crippen molar-refractivity contribution in [3.05, 3.63) is 35.4 Å².